The first kappa shape index (κ1) is 37.1. The molecule has 0 bridgehead atoms. The minimum Gasteiger partial charge on any atom is -0.346 e. The van der Waals surface area contributed by atoms with Gasteiger partial charge in [0.05, 0.1) is 11.0 Å². The lowest BCUT2D eigenvalue weighted by molar-refractivity contribution is -0.399. The molecule has 0 aliphatic carbocycles. The quantitative estimate of drug-likeness (QED) is 0.203. The van der Waals surface area contributed by atoms with Gasteiger partial charge in [-0.2, -0.15) is 26.3 Å². The van der Waals surface area contributed by atoms with E-state index in [0.29, 0.717) is 12.1 Å². The van der Waals surface area contributed by atoms with E-state index in [2.05, 4.69) is 0 Å². The first-order valence-corrected chi connectivity index (χ1v) is 17.1. The highest BCUT2D eigenvalue weighted by atomic mass is 32.2. The molecule has 3 aromatic rings. The van der Waals surface area contributed by atoms with Crippen LogP contribution in [0.15, 0.2) is 83.8 Å². The number of hydrogen-bond acceptors (Lipinski definition) is 5. The number of halogens is 7. The van der Waals surface area contributed by atoms with Crippen LogP contribution in [0.5, 0.6) is 0 Å². The van der Waals surface area contributed by atoms with E-state index in [1.165, 1.54) is 47.1 Å². The molecule has 3 aromatic carbocycles. The third-order valence-electron chi connectivity index (χ3n) is 9.37. The fraction of sp³-hybridized carbons (Fsp3) is 0.412. The van der Waals surface area contributed by atoms with E-state index >= 15 is 0 Å². The Morgan fingerprint density at radius 3 is 1.82 bits per heavy atom. The number of carbonyl (C=O) groups is 2. The Hall–Kier alpha value is -4.18. The maximum Gasteiger partial charge on any atom is 0.430 e. The Morgan fingerprint density at radius 2 is 1.30 bits per heavy atom. The monoisotopic (exact) mass is 729 g/mol. The molecule has 2 aliphatic heterocycles. The van der Waals surface area contributed by atoms with Crippen LogP contribution in [-0.4, -0.2) is 86.7 Å². The number of urea groups is 1. The van der Waals surface area contributed by atoms with Gasteiger partial charge in [-0.15, -0.1) is 0 Å². The summed E-state index contributed by atoms with van der Waals surface area (Å²) in [6.07, 6.45) is -13.9. The minimum absolute atomic E-state index is 0.0600. The summed E-state index contributed by atoms with van der Waals surface area (Å²) < 4.78 is 134. The zero-order valence-electron chi connectivity index (χ0n) is 27.0. The zero-order valence-corrected chi connectivity index (χ0v) is 27.8. The smallest absolute Gasteiger partial charge is 0.346 e. The van der Waals surface area contributed by atoms with Crippen molar-refractivity contribution in [2.75, 3.05) is 39.3 Å². The Morgan fingerprint density at radius 1 is 0.760 bits per heavy atom. The third-order valence-corrected chi connectivity index (χ3v) is 11.9. The first-order chi connectivity index (χ1) is 23.3. The molecule has 2 atom stereocenters. The van der Waals surface area contributed by atoms with Gasteiger partial charge in [0.1, 0.15) is 10.6 Å². The van der Waals surface area contributed by atoms with Crippen molar-refractivity contribution < 1.29 is 53.5 Å². The van der Waals surface area contributed by atoms with E-state index < -0.39 is 62.6 Å². The van der Waals surface area contributed by atoms with Crippen molar-refractivity contribution >= 4 is 21.8 Å². The van der Waals surface area contributed by atoms with E-state index in [-0.39, 0.29) is 61.1 Å². The van der Waals surface area contributed by atoms with E-state index in [4.69, 9.17) is 4.74 Å². The van der Waals surface area contributed by atoms with E-state index in [0.717, 1.165) is 43.3 Å². The van der Waals surface area contributed by atoms with Crippen molar-refractivity contribution in [2.45, 2.75) is 54.0 Å². The van der Waals surface area contributed by atoms with Gasteiger partial charge >= 0.3 is 18.4 Å². The molecule has 3 amide bonds. The van der Waals surface area contributed by atoms with Gasteiger partial charge in [-0.1, -0.05) is 54.6 Å². The molecular weight excluding hydrogens is 695 g/mol. The Balaban J connectivity index is 1.57. The van der Waals surface area contributed by atoms with E-state index in [1.54, 1.807) is 4.90 Å². The molecule has 1 unspecified atom stereocenters. The number of piperazine rings is 1. The van der Waals surface area contributed by atoms with Crippen LogP contribution in [0.3, 0.4) is 0 Å². The maximum atomic E-state index is 14.7. The summed E-state index contributed by atoms with van der Waals surface area (Å²) in [5, 5.41) is 0. The van der Waals surface area contributed by atoms with Crippen molar-refractivity contribution in [3.63, 3.8) is 0 Å². The number of carbonyl (C=O) groups excluding carboxylic acids is 2. The van der Waals surface area contributed by atoms with Crippen molar-refractivity contribution in [1.82, 2.24) is 14.7 Å². The van der Waals surface area contributed by atoms with Gasteiger partial charge in [-0.25, -0.2) is 17.6 Å². The molecule has 0 aromatic heterocycles. The maximum absolute atomic E-state index is 14.7. The van der Waals surface area contributed by atoms with Crippen molar-refractivity contribution in [3.8, 4) is 0 Å². The van der Waals surface area contributed by atoms with Crippen LogP contribution in [-0.2, 0) is 29.7 Å². The lowest BCUT2D eigenvalue weighted by Crippen LogP contribution is -2.56. The third kappa shape index (κ3) is 6.54. The minimum atomic E-state index is -6.00. The standard InChI is InChI=1S/C34H34F7N3O5S/c1-23(25-6-4-3-5-7-25)49-32(33(36,37)38,34(39,40)41)27-10-8-26(9-11-27)31(50(47,48)29-14-12-28(35)13-15-29)16-17-44(22-31)30(46)43-20-18-42(19-21-43)24(2)45/h3-15,23H,16-22H2,1-2H3/t23?,31-/m0/s1. The molecule has 0 N–H and O–H groups in total. The number of likely N-dealkylation sites (tertiary alicyclic amines) is 1. The second-order valence-corrected chi connectivity index (χ2v) is 14.6. The summed E-state index contributed by atoms with van der Waals surface area (Å²) >= 11 is 0. The average molecular weight is 730 g/mol. The van der Waals surface area contributed by atoms with Crippen LogP contribution in [0, 0.1) is 5.82 Å². The van der Waals surface area contributed by atoms with Crippen molar-refractivity contribution in [1.29, 1.82) is 0 Å². The van der Waals surface area contributed by atoms with E-state index in [1.807, 2.05) is 0 Å². The fourth-order valence-electron chi connectivity index (χ4n) is 6.56. The zero-order chi connectivity index (χ0) is 36.7. The largest absolute Gasteiger partial charge is 0.430 e. The van der Waals surface area contributed by atoms with Gasteiger partial charge in [-0.3, -0.25) is 4.79 Å². The summed E-state index contributed by atoms with van der Waals surface area (Å²) in [5.74, 6) is -0.915. The molecule has 0 spiro atoms. The molecule has 2 saturated heterocycles. The molecule has 270 valence electrons. The van der Waals surface area contributed by atoms with Crippen LogP contribution < -0.4 is 0 Å². The molecule has 2 fully saturated rings. The number of amides is 3. The fourth-order valence-corrected chi connectivity index (χ4v) is 8.64. The number of ether oxygens (including phenoxy) is 1. The first-order valence-electron chi connectivity index (χ1n) is 15.6. The highest BCUT2D eigenvalue weighted by molar-refractivity contribution is 7.92. The molecule has 2 heterocycles. The second-order valence-electron chi connectivity index (χ2n) is 12.3. The van der Waals surface area contributed by atoms with Crippen molar-refractivity contribution in [3.05, 3.63) is 101 Å². The van der Waals surface area contributed by atoms with Gasteiger partial charge in [0.2, 0.25) is 5.91 Å². The highest BCUT2D eigenvalue weighted by Gasteiger charge is 2.74. The summed E-state index contributed by atoms with van der Waals surface area (Å²) in [4.78, 5) is 29.2. The molecule has 8 nitrogen and oxygen atoms in total. The van der Waals surface area contributed by atoms with Crippen LogP contribution in [0.2, 0.25) is 0 Å². The molecule has 2 aliphatic rings. The van der Waals surface area contributed by atoms with Crippen LogP contribution in [0.1, 0.15) is 43.1 Å². The normalized spacial score (nSPS) is 19.8. The van der Waals surface area contributed by atoms with Gasteiger partial charge in [0, 0.05) is 51.8 Å². The SMILES string of the molecule is CC(=O)N1CCN(C(=O)N2CC[C@](c3ccc(C(OC(C)c4ccccc4)(C(F)(F)F)C(F)(F)F)cc3)(S(=O)(=O)c3ccc(F)cc3)C2)CC1. The average Bonchev–Trinajstić information content (AvgIpc) is 3.54. The predicted octanol–water partition coefficient (Wildman–Crippen LogP) is 6.58. The summed E-state index contributed by atoms with van der Waals surface area (Å²) in [6.45, 7) is 2.66. The van der Waals surface area contributed by atoms with Gasteiger partial charge < -0.3 is 19.4 Å². The van der Waals surface area contributed by atoms with Crippen LogP contribution >= 0.6 is 0 Å². The van der Waals surface area contributed by atoms with Crippen LogP contribution in [0.4, 0.5) is 35.5 Å². The van der Waals surface area contributed by atoms with Gasteiger partial charge in [0.15, 0.2) is 9.84 Å². The second kappa shape index (κ2) is 13.5. The number of hydrogen-bond donors (Lipinski definition) is 0. The number of sulfone groups is 1. The number of nitrogens with zero attached hydrogens (tertiary/aromatic N) is 3. The summed E-state index contributed by atoms with van der Waals surface area (Å²) in [5.41, 5.74) is -6.23. The summed E-state index contributed by atoms with van der Waals surface area (Å²) in [7, 11) is -4.56. The van der Waals surface area contributed by atoms with Gasteiger partial charge in [-0.05, 0) is 48.7 Å². The Labute approximate surface area is 284 Å². The topological polar surface area (TPSA) is 87.2 Å². The Kier molecular flexibility index (Phi) is 10.0. The molecule has 0 radical (unpaired) electrons. The van der Waals surface area contributed by atoms with Crippen molar-refractivity contribution in [2.24, 2.45) is 0 Å². The molecule has 5 rings (SSSR count). The Bertz CT molecular complexity index is 1780. The summed E-state index contributed by atoms with van der Waals surface area (Å²) in [6, 6.07) is 13.2. The lowest BCUT2D eigenvalue weighted by atomic mass is 9.88. The number of alkyl halides is 6. The molecular formula is C34H34F7N3O5S. The number of rotatable bonds is 7. The highest BCUT2D eigenvalue weighted by Crippen LogP contribution is 2.55. The number of benzene rings is 3. The molecule has 0 saturated carbocycles. The van der Waals surface area contributed by atoms with Gasteiger partial charge in [0.25, 0.3) is 5.60 Å². The molecule has 50 heavy (non-hydrogen) atoms. The lowest BCUT2D eigenvalue weighted by Gasteiger charge is -2.40. The molecule has 16 heteroatoms. The van der Waals surface area contributed by atoms with Crippen LogP contribution in [0.25, 0.3) is 0 Å². The predicted molar refractivity (Wildman–Crippen MR) is 167 cm³/mol. The van der Waals surface area contributed by atoms with E-state index in [9.17, 15) is 48.7 Å².